The Morgan fingerprint density at radius 2 is 1.93 bits per heavy atom. The molecule has 0 aliphatic rings. The van der Waals surface area contributed by atoms with Crippen molar-refractivity contribution in [2.24, 2.45) is 0 Å². The molecule has 4 rings (SSSR count). The Bertz CT molecular complexity index is 1080. The number of thiophene rings is 1. The summed E-state index contributed by atoms with van der Waals surface area (Å²) in [6.45, 7) is 7.36. The van der Waals surface area contributed by atoms with E-state index >= 15 is 0 Å². The molecule has 4 nitrogen and oxygen atoms in total. The highest BCUT2D eigenvalue weighted by molar-refractivity contribution is 7.98. The second-order valence-corrected chi connectivity index (χ2v) is 9.57. The van der Waals surface area contributed by atoms with E-state index in [4.69, 9.17) is 4.98 Å². The highest BCUT2D eigenvalue weighted by Crippen LogP contribution is 2.31. The molecule has 144 valence electrons. The molecule has 0 aliphatic carbocycles. The number of rotatable bonds is 7. The van der Waals surface area contributed by atoms with Gasteiger partial charge in [-0.3, -0.25) is 0 Å². The molecule has 0 unspecified atom stereocenters. The quantitative estimate of drug-likeness (QED) is 0.319. The van der Waals surface area contributed by atoms with E-state index in [2.05, 4.69) is 76.6 Å². The van der Waals surface area contributed by atoms with Crippen LogP contribution < -0.4 is 0 Å². The van der Waals surface area contributed by atoms with Crippen molar-refractivity contribution in [2.45, 2.75) is 44.6 Å². The van der Waals surface area contributed by atoms with Crippen molar-refractivity contribution in [3.05, 3.63) is 57.2 Å². The highest BCUT2D eigenvalue weighted by atomic mass is 32.2. The lowest BCUT2D eigenvalue weighted by Gasteiger charge is -2.07. The average Bonchev–Trinajstić information content (AvgIpc) is 3.41. The van der Waals surface area contributed by atoms with Gasteiger partial charge in [0, 0.05) is 39.1 Å². The van der Waals surface area contributed by atoms with Gasteiger partial charge in [-0.2, -0.15) is 0 Å². The van der Waals surface area contributed by atoms with Crippen LogP contribution in [0.5, 0.6) is 0 Å². The fraction of sp³-hybridized carbons (Fsp3) is 0.286. The van der Waals surface area contributed by atoms with Crippen LogP contribution in [0.25, 0.3) is 22.0 Å². The first kappa shape index (κ1) is 19.4. The maximum atomic E-state index is 4.84. The summed E-state index contributed by atoms with van der Waals surface area (Å²) in [6.07, 6.45) is 1.05. The van der Waals surface area contributed by atoms with E-state index in [1.165, 1.54) is 16.0 Å². The van der Waals surface area contributed by atoms with Crippen LogP contribution in [0, 0.1) is 13.8 Å². The van der Waals surface area contributed by atoms with Crippen molar-refractivity contribution in [1.29, 1.82) is 0 Å². The van der Waals surface area contributed by atoms with Crippen molar-refractivity contribution in [2.75, 3.05) is 0 Å². The molecule has 0 atom stereocenters. The van der Waals surface area contributed by atoms with Gasteiger partial charge in [0.15, 0.2) is 11.0 Å². The Kier molecular flexibility index (Phi) is 5.94. The van der Waals surface area contributed by atoms with E-state index in [-0.39, 0.29) is 0 Å². The van der Waals surface area contributed by atoms with E-state index in [9.17, 15) is 0 Å². The van der Waals surface area contributed by atoms with Gasteiger partial charge in [-0.25, -0.2) is 4.98 Å². The molecule has 3 aromatic heterocycles. The minimum absolute atomic E-state index is 0.799. The number of nitrogens with zero attached hydrogens (tertiary/aromatic N) is 4. The molecule has 0 N–H and O–H groups in total. The van der Waals surface area contributed by atoms with E-state index in [0.29, 0.717) is 0 Å². The molecule has 1 aromatic carbocycles. The predicted molar refractivity (Wildman–Crippen MR) is 120 cm³/mol. The van der Waals surface area contributed by atoms with Gasteiger partial charge >= 0.3 is 0 Å². The number of benzene rings is 1. The molecule has 0 saturated carbocycles. The van der Waals surface area contributed by atoms with Gasteiger partial charge < -0.3 is 4.57 Å². The lowest BCUT2D eigenvalue weighted by Crippen LogP contribution is -2.01. The fourth-order valence-corrected chi connectivity index (χ4v) is 5.60. The summed E-state index contributed by atoms with van der Waals surface area (Å²) < 4.78 is 2.24. The van der Waals surface area contributed by atoms with E-state index in [0.717, 1.165) is 46.0 Å². The van der Waals surface area contributed by atoms with Gasteiger partial charge in [-0.15, -0.1) is 32.9 Å². The summed E-state index contributed by atoms with van der Waals surface area (Å²) in [5.74, 6) is 1.76. The Hall–Kier alpha value is -1.96. The summed E-state index contributed by atoms with van der Waals surface area (Å²) in [4.78, 5) is 6.14. The molecule has 4 aromatic rings. The lowest BCUT2D eigenvalue weighted by atomic mass is 10.1. The zero-order valence-electron chi connectivity index (χ0n) is 16.2. The molecule has 0 aliphatic heterocycles. The van der Waals surface area contributed by atoms with Gasteiger partial charge in [0.25, 0.3) is 0 Å². The molecular formula is C21H22N4S3. The summed E-state index contributed by atoms with van der Waals surface area (Å²) in [5, 5.41) is 15.3. The smallest absolute Gasteiger partial charge is 0.191 e. The molecule has 3 heterocycles. The number of thioether (sulfide) groups is 1. The molecule has 0 amide bonds. The zero-order valence-corrected chi connectivity index (χ0v) is 18.6. The van der Waals surface area contributed by atoms with Gasteiger partial charge in [-0.1, -0.05) is 43.0 Å². The van der Waals surface area contributed by atoms with Crippen molar-refractivity contribution in [3.63, 3.8) is 0 Å². The molecule has 0 saturated heterocycles. The monoisotopic (exact) mass is 426 g/mol. The summed E-state index contributed by atoms with van der Waals surface area (Å²) >= 11 is 5.17. The highest BCUT2D eigenvalue weighted by Gasteiger charge is 2.16. The van der Waals surface area contributed by atoms with Crippen LogP contribution in [0.2, 0.25) is 0 Å². The molecule has 0 spiro atoms. The van der Waals surface area contributed by atoms with E-state index in [1.54, 1.807) is 34.4 Å². The largest absolute Gasteiger partial charge is 0.302 e. The predicted octanol–water partition coefficient (Wildman–Crippen LogP) is 6.45. The Morgan fingerprint density at radius 3 is 2.68 bits per heavy atom. The van der Waals surface area contributed by atoms with Crippen LogP contribution in [0.3, 0.4) is 0 Å². The third-order valence-electron chi connectivity index (χ3n) is 4.43. The zero-order chi connectivity index (χ0) is 19.5. The Morgan fingerprint density at radius 1 is 1.07 bits per heavy atom. The average molecular weight is 427 g/mol. The van der Waals surface area contributed by atoms with Crippen molar-refractivity contribution >= 4 is 34.4 Å². The number of thiazole rings is 1. The van der Waals surface area contributed by atoms with Crippen molar-refractivity contribution < 1.29 is 0 Å². The van der Waals surface area contributed by atoms with Crippen LogP contribution in [-0.2, 0) is 12.3 Å². The third-order valence-corrected chi connectivity index (χ3v) is 7.22. The summed E-state index contributed by atoms with van der Waals surface area (Å²) in [6, 6.07) is 10.6. The van der Waals surface area contributed by atoms with Crippen LogP contribution in [-0.4, -0.2) is 19.7 Å². The number of aryl methyl sites for hydroxylation is 2. The summed E-state index contributed by atoms with van der Waals surface area (Å²) in [7, 11) is 0. The maximum Gasteiger partial charge on any atom is 0.191 e. The van der Waals surface area contributed by atoms with Crippen LogP contribution in [0.4, 0.5) is 0 Å². The van der Waals surface area contributed by atoms with E-state index < -0.39 is 0 Å². The minimum atomic E-state index is 0.799. The minimum Gasteiger partial charge on any atom is -0.302 e. The first-order valence-electron chi connectivity index (χ1n) is 9.27. The molecule has 28 heavy (non-hydrogen) atoms. The second-order valence-electron chi connectivity index (χ2n) is 6.65. The van der Waals surface area contributed by atoms with Crippen LogP contribution in [0.15, 0.2) is 46.2 Å². The summed E-state index contributed by atoms with van der Waals surface area (Å²) in [5.41, 5.74) is 4.72. The molecule has 0 bridgehead atoms. The number of hydrogen-bond donors (Lipinski definition) is 0. The van der Waals surface area contributed by atoms with Crippen molar-refractivity contribution in [3.8, 4) is 22.0 Å². The Labute approximate surface area is 177 Å². The number of hydrogen-bond acceptors (Lipinski definition) is 6. The molecular weight excluding hydrogens is 404 g/mol. The fourth-order valence-electron chi connectivity index (χ4n) is 3.04. The van der Waals surface area contributed by atoms with Gasteiger partial charge in [0.1, 0.15) is 5.01 Å². The van der Waals surface area contributed by atoms with Crippen LogP contribution in [0.1, 0.15) is 29.5 Å². The SMILES string of the molecule is CCCn1c(SCc2csc(-c3ccccc3C)n2)nnc1-c1csc(C)c1. The molecule has 7 heteroatoms. The number of aromatic nitrogens is 4. The van der Waals surface area contributed by atoms with Gasteiger partial charge in [-0.05, 0) is 31.9 Å². The first-order chi connectivity index (χ1) is 13.7. The topological polar surface area (TPSA) is 43.6 Å². The standard InChI is InChI=1S/C21H22N4S3/c1-4-9-25-19(16-10-15(3)26-11-16)23-24-21(25)28-13-17-12-27-20(22-17)18-8-6-5-7-14(18)2/h5-8,10-12H,4,9,13H2,1-3H3. The second kappa shape index (κ2) is 8.59. The molecule has 0 radical (unpaired) electrons. The van der Waals surface area contributed by atoms with Crippen molar-refractivity contribution in [1.82, 2.24) is 19.7 Å². The lowest BCUT2D eigenvalue weighted by molar-refractivity contribution is 0.626. The van der Waals surface area contributed by atoms with Crippen LogP contribution >= 0.6 is 34.4 Å². The molecule has 0 fully saturated rings. The van der Waals surface area contributed by atoms with Gasteiger partial charge in [0.2, 0.25) is 0 Å². The maximum absolute atomic E-state index is 4.84. The Balaban J connectivity index is 1.53. The third kappa shape index (κ3) is 4.06. The van der Waals surface area contributed by atoms with Gasteiger partial charge in [0.05, 0.1) is 5.69 Å². The normalized spacial score (nSPS) is 11.2. The van der Waals surface area contributed by atoms with E-state index in [1.807, 2.05) is 0 Å². The first-order valence-corrected chi connectivity index (χ1v) is 12.0.